The van der Waals surface area contributed by atoms with Crippen molar-refractivity contribution in [3.8, 4) is 0 Å². The quantitative estimate of drug-likeness (QED) is 0.481. The van der Waals surface area contributed by atoms with E-state index in [0.717, 1.165) is 18.2 Å². The van der Waals surface area contributed by atoms with Crippen LogP contribution in [0.5, 0.6) is 0 Å². The first-order chi connectivity index (χ1) is 11.7. The lowest BCUT2D eigenvalue weighted by molar-refractivity contribution is 0.0572. The highest BCUT2D eigenvalue weighted by molar-refractivity contribution is 5.96. The van der Waals surface area contributed by atoms with E-state index in [0.29, 0.717) is 37.8 Å². The summed E-state index contributed by atoms with van der Waals surface area (Å²) in [6, 6.07) is 8.83. The molecule has 1 aromatic heterocycles. The number of rotatable bonds is 5. The van der Waals surface area contributed by atoms with Crippen molar-refractivity contribution in [3.63, 3.8) is 0 Å². The molecule has 1 fully saturated rings. The van der Waals surface area contributed by atoms with Crippen molar-refractivity contribution in [1.82, 2.24) is 4.90 Å². The van der Waals surface area contributed by atoms with Crippen LogP contribution in [0, 0.1) is 5.92 Å². The van der Waals surface area contributed by atoms with E-state index in [1.54, 1.807) is 29.2 Å². The molecule has 24 heavy (non-hydrogen) atoms. The second-order valence-corrected chi connectivity index (χ2v) is 6.05. The number of carbonyl (C=O) groups excluding carboxylic acids is 1. The van der Waals surface area contributed by atoms with E-state index in [1.807, 2.05) is 12.1 Å². The lowest BCUT2D eigenvalue weighted by Crippen LogP contribution is -2.41. The van der Waals surface area contributed by atoms with E-state index < -0.39 is 5.63 Å². The number of amides is 1. The molecule has 0 aliphatic carbocycles. The molecule has 2 heterocycles. The molecule has 0 unspecified atom stereocenters. The van der Waals surface area contributed by atoms with Crippen LogP contribution >= 0.6 is 0 Å². The smallest absolute Gasteiger partial charge is 0.349 e. The Labute approximate surface area is 140 Å². The average Bonchev–Trinajstić information content (AvgIpc) is 2.61. The summed E-state index contributed by atoms with van der Waals surface area (Å²) in [5.74, 6) is 0.196. The summed E-state index contributed by atoms with van der Waals surface area (Å²) in [6.07, 6.45) is 3.49. The van der Waals surface area contributed by atoms with Crippen LogP contribution in [0.3, 0.4) is 0 Å². The van der Waals surface area contributed by atoms with Gasteiger partial charge in [-0.3, -0.25) is 4.79 Å². The van der Waals surface area contributed by atoms with Gasteiger partial charge in [-0.1, -0.05) is 24.3 Å². The molecule has 0 saturated carbocycles. The molecule has 1 aliphatic rings. The number of carbonyl (C=O) groups is 1. The number of likely N-dealkylation sites (tertiary alicyclic amines) is 1. The fourth-order valence-corrected chi connectivity index (χ4v) is 3.00. The Bertz CT molecular complexity index is 787. The molecule has 1 aliphatic heterocycles. The standard InChI is InChI=1S/C19H21NO4/c1-2-11-23-13-14-7-9-20(10-8-14)18(21)16-12-15-5-3-4-6-17(15)24-19(16)22/h2-6,12,14H,1,7-11,13H2. The van der Waals surface area contributed by atoms with Crippen molar-refractivity contribution < 1.29 is 13.9 Å². The second kappa shape index (κ2) is 7.45. The van der Waals surface area contributed by atoms with Crippen molar-refractivity contribution in [1.29, 1.82) is 0 Å². The van der Waals surface area contributed by atoms with Gasteiger partial charge in [0.25, 0.3) is 5.91 Å². The Balaban J connectivity index is 1.68. The zero-order chi connectivity index (χ0) is 16.9. The highest BCUT2D eigenvalue weighted by atomic mass is 16.5. The summed E-state index contributed by atoms with van der Waals surface area (Å²) in [5.41, 5.74) is 0.0299. The fourth-order valence-electron chi connectivity index (χ4n) is 3.00. The highest BCUT2D eigenvalue weighted by Crippen LogP contribution is 2.20. The maximum Gasteiger partial charge on any atom is 0.349 e. The summed E-state index contributed by atoms with van der Waals surface area (Å²) in [5, 5.41) is 0.758. The molecule has 1 aromatic carbocycles. The number of nitrogens with zero attached hydrogens (tertiary/aromatic N) is 1. The van der Waals surface area contributed by atoms with Gasteiger partial charge in [0.1, 0.15) is 11.1 Å². The van der Waals surface area contributed by atoms with Gasteiger partial charge in [0.05, 0.1) is 6.61 Å². The lowest BCUT2D eigenvalue weighted by atomic mass is 9.97. The number of benzene rings is 1. The third-order valence-corrected chi connectivity index (χ3v) is 4.36. The minimum absolute atomic E-state index is 0.107. The van der Waals surface area contributed by atoms with Crippen molar-refractivity contribution in [2.75, 3.05) is 26.3 Å². The Morgan fingerprint density at radius 3 is 2.83 bits per heavy atom. The molecule has 0 N–H and O–H groups in total. The number of para-hydroxylation sites is 1. The number of fused-ring (bicyclic) bond motifs is 1. The molecule has 0 bridgehead atoms. The average molecular weight is 327 g/mol. The van der Waals surface area contributed by atoms with Gasteiger partial charge < -0.3 is 14.1 Å². The maximum atomic E-state index is 12.7. The summed E-state index contributed by atoms with van der Waals surface area (Å²) in [7, 11) is 0. The second-order valence-electron chi connectivity index (χ2n) is 6.05. The van der Waals surface area contributed by atoms with Gasteiger partial charge in [-0.05, 0) is 30.9 Å². The molecule has 5 heteroatoms. The van der Waals surface area contributed by atoms with Crippen LogP contribution in [0.1, 0.15) is 23.2 Å². The zero-order valence-corrected chi connectivity index (χ0v) is 13.6. The Kier molecular flexibility index (Phi) is 5.11. The van der Waals surface area contributed by atoms with Crippen molar-refractivity contribution in [2.45, 2.75) is 12.8 Å². The molecule has 1 amide bonds. The molecule has 0 spiro atoms. The van der Waals surface area contributed by atoms with Crippen LogP contribution in [-0.4, -0.2) is 37.1 Å². The molecular formula is C19H21NO4. The predicted octanol–water partition coefficient (Wildman–Crippen LogP) is 2.85. The number of hydrogen-bond acceptors (Lipinski definition) is 4. The first kappa shape index (κ1) is 16.5. The maximum absolute atomic E-state index is 12.7. The van der Waals surface area contributed by atoms with Gasteiger partial charge in [-0.25, -0.2) is 4.79 Å². The zero-order valence-electron chi connectivity index (χ0n) is 13.6. The van der Waals surface area contributed by atoms with E-state index in [4.69, 9.17) is 9.15 Å². The summed E-state index contributed by atoms with van der Waals surface area (Å²) < 4.78 is 10.7. The van der Waals surface area contributed by atoms with Gasteiger partial charge in [0.2, 0.25) is 0 Å². The summed E-state index contributed by atoms with van der Waals surface area (Å²) in [6.45, 7) is 6.13. The molecular weight excluding hydrogens is 306 g/mol. The lowest BCUT2D eigenvalue weighted by Gasteiger charge is -2.31. The minimum atomic E-state index is -0.574. The topological polar surface area (TPSA) is 59.8 Å². The van der Waals surface area contributed by atoms with E-state index in [9.17, 15) is 9.59 Å². The molecule has 0 radical (unpaired) electrons. The summed E-state index contributed by atoms with van der Waals surface area (Å²) >= 11 is 0. The van der Waals surface area contributed by atoms with Gasteiger partial charge in [0.15, 0.2) is 0 Å². The van der Waals surface area contributed by atoms with E-state index in [1.165, 1.54) is 0 Å². The van der Waals surface area contributed by atoms with Crippen molar-refractivity contribution in [2.24, 2.45) is 5.92 Å². The summed E-state index contributed by atoms with van der Waals surface area (Å²) in [4.78, 5) is 26.5. The SMILES string of the molecule is C=CCOCC1CCN(C(=O)c2cc3ccccc3oc2=O)CC1. The normalized spacial score (nSPS) is 15.6. The van der Waals surface area contributed by atoms with Crippen molar-refractivity contribution in [3.05, 3.63) is 59.0 Å². The van der Waals surface area contributed by atoms with E-state index >= 15 is 0 Å². The molecule has 126 valence electrons. The minimum Gasteiger partial charge on any atom is -0.422 e. The van der Waals surface area contributed by atoms with Crippen molar-refractivity contribution >= 4 is 16.9 Å². The van der Waals surface area contributed by atoms with E-state index in [2.05, 4.69) is 6.58 Å². The number of ether oxygens (including phenoxy) is 1. The Morgan fingerprint density at radius 2 is 2.08 bits per heavy atom. The van der Waals surface area contributed by atoms with Crippen LogP contribution in [0.15, 0.2) is 52.2 Å². The molecule has 5 nitrogen and oxygen atoms in total. The number of hydrogen-bond donors (Lipinski definition) is 0. The van der Waals surface area contributed by atoms with Crippen LogP contribution in [0.25, 0.3) is 11.0 Å². The van der Waals surface area contributed by atoms with Gasteiger partial charge in [-0.15, -0.1) is 6.58 Å². The van der Waals surface area contributed by atoms with Gasteiger partial charge >= 0.3 is 5.63 Å². The fraction of sp³-hybridized carbons (Fsp3) is 0.368. The van der Waals surface area contributed by atoms with Gasteiger partial charge in [0, 0.05) is 25.1 Å². The number of piperidine rings is 1. The van der Waals surface area contributed by atoms with Crippen LogP contribution < -0.4 is 5.63 Å². The van der Waals surface area contributed by atoms with Crippen LogP contribution in [-0.2, 0) is 4.74 Å². The first-order valence-electron chi connectivity index (χ1n) is 8.20. The van der Waals surface area contributed by atoms with Crippen LogP contribution in [0.4, 0.5) is 0 Å². The third-order valence-electron chi connectivity index (χ3n) is 4.36. The largest absolute Gasteiger partial charge is 0.422 e. The molecule has 3 rings (SSSR count). The highest BCUT2D eigenvalue weighted by Gasteiger charge is 2.26. The monoisotopic (exact) mass is 327 g/mol. The predicted molar refractivity (Wildman–Crippen MR) is 92.1 cm³/mol. The first-order valence-corrected chi connectivity index (χ1v) is 8.20. The Hall–Kier alpha value is -2.40. The molecule has 0 atom stereocenters. The Morgan fingerprint density at radius 1 is 1.33 bits per heavy atom. The van der Waals surface area contributed by atoms with Gasteiger partial charge in [-0.2, -0.15) is 0 Å². The van der Waals surface area contributed by atoms with E-state index in [-0.39, 0.29) is 11.5 Å². The molecule has 2 aromatic rings. The molecule has 1 saturated heterocycles. The third kappa shape index (κ3) is 3.57. The van der Waals surface area contributed by atoms with Crippen LogP contribution in [0.2, 0.25) is 0 Å².